The Kier molecular flexibility index (Phi) is 0.680. The number of epoxide rings is 1. The Morgan fingerprint density at radius 3 is 2.33 bits per heavy atom. The minimum atomic E-state index is -0.553. The van der Waals surface area contributed by atoms with Gasteiger partial charge < -0.3 is 9.84 Å². The highest BCUT2D eigenvalue weighted by atomic mass is 16.7. The van der Waals surface area contributed by atoms with Crippen molar-refractivity contribution in [2.24, 2.45) is 0 Å². The molecule has 0 saturated carbocycles. The molecule has 1 aliphatic rings. The van der Waals surface area contributed by atoms with E-state index in [4.69, 9.17) is 5.11 Å². The summed E-state index contributed by atoms with van der Waals surface area (Å²) in [5.74, 6) is 0. The van der Waals surface area contributed by atoms with Crippen molar-refractivity contribution in [3.63, 3.8) is 0 Å². The van der Waals surface area contributed by atoms with E-state index in [1.807, 2.05) is 0 Å². The summed E-state index contributed by atoms with van der Waals surface area (Å²) in [6, 6.07) is 0. The van der Waals surface area contributed by atoms with Crippen LogP contribution in [0.4, 0.5) is 0 Å². The fourth-order valence-corrected chi connectivity index (χ4v) is 0.288. The maximum atomic E-state index is 8.33. The number of hydrogen-bond acceptors (Lipinski definition) is 2. The summed E-state index contributed by atoms with van der Waals surface area (Å²) >= 11 is 0. The van der Waals surface area contributed by atoms with Crippen molar-refractivity contribution in [2.45, 2.75) is 12.4 Å². The molecule has 2 unspecified atom stereocenters. The Morgan fingerprint density at radius 1 is 1.83 bits per heavy atom. The Balaban J connectivity index is 2.25. The first kappa shape index (κ1) is 3.84. The second-order valence-electron chi connectivity index (χ2n) is 1.23. The van der Waals surface area contributed by atoms with E-state index in [0.717, 1.165) is 0 Å². The summed E-state index contributed by atoms with van der Waals surface area (Å²) in [5, 5.41) is 8.33. The van der Waals surface area contributed by atoms with E-state index in [1.54, 1.807) is 6.08 Å². The fraction of sp³-hybridized carbons (Fsp3) is 0.500. The molecule has 0 amide bonds. The molecule has 1 heterocycles. The first-order valence-corrected chi connectivity index (χ1v) is 1.80. The predicted molar refractivity (Wildman–Crippen MR) is 21.1 cm³/mol. The molecule has 0 aliphatic carbocycles. The Bertz CT molecular complexity index is 69.9. The Hall–Kier alpha value is -0.340. The van der Waals surface area contributed by atoms with Crippen LogP contribution in [0.5, 0.6) is 0 Å². The first-order chi connectivity index (χ1) is 2.84. The van der Waals surface area contributed by atoms with Crippen LogP contribution in [0.25, 0.3) is 0 Å². The van der Waals surface area contributed by atoms with Gasteiger partial charge in [-0.05, 0) is 0 Å². The third-order valence-corrected chi connectivity index (χ3v) is 0.733. The lowest BCUT2D eigenvalue weighted by atomic mass is 10.5. The van der Waals surface area contributed by atoms with Gasteiger partial charge in [-0.1, -0.05) is 6.08 Å². The fourth-order valence-electron chi connectivity index (χ4n) is 0.288. The van der Waals surface area contributed by atoms with Gasteiger partial charge in [0.05, 0.1) is 0 Å². The molecule has 0 aromatic carbocycles. The summed E-state index contributed by atoms with van der Waals surface area (Å²) in [6.07, 6.45) is 0.942. The van der Waals surface area contributed by atoms with Crippen LogP contribution in [0, 0.1) is 0 Å². The third kappa shape index (κ3) is 0.441. The summed E-state index contributed by atoms with van der Waals surface area (Å²) in [5.41, 5.74) is 0. The predicted octanol–water partition coefficient (Wildman–Crippen LogP) is -0.110. The molecule has 6 heavy (non-hydrogen) atoms. The van der Waals surface area contributed by atoms with Crippen molar-refractivity contribution >= 4 is 0 Å². The molecular formula is C4H6O2. The lowest BCUT2D eigenvalue weighted by Crippen LogP contribution is -1.82. The zero-order valence-electron chi connectivity index (χ0n) is 3.29. The van der Waals surface area contributed by atoms with Gasteiger partial charge in [-0.3, -0.25) is 0 Å². The molecule has 1 fully saturated rings. The van der Waals surface area contributed by atoms with E-state index in [9.17, 15) is 0 Å². The average molecular weight is 86.1 g/mol. The zero-order chi connectivity index (χ0) is 4.57. The molecule has 1 saturated heterocycles. The molecule has 1 aliphatic heterocycles. The zero-order valence-corrected chi connectivity index (χ0v) is 3.29. The maximum Gasteiger partial charge on any atom is 0.185 e. The SMILES string of the molecule is C=CC1OC1O. The lowest BCUT2D eigenvalue weighted by Gasteiger charge is -1.64. The minimum absolute atomic E-state index is 0.0787. The normalized spacial score (nSPS) is 42.2. The quantitative estimate of drug-likeness (QED) is 0.356. The summed E-state index contributed by atoms with van der Waals surface area (Å²) in [6.45, 7) is 3.39. The molecule has 0 radical (unpaired) electrons. The summed E-state index contributed by atoms with van der Waals surface area (Å²) in [4.78, 5) is 0. The minimum Gasteiger partial charge on any atom is -0.366 e. The van der Waals surface area contributed by atoms with Crippen LogP contribution in [0.1, 0.15) is 0 Å². The van der Waals surface area contributed by atoms with Crippen molar-refractivity contribution in [1.82, 2.24) is 0 Å². The first-order valence-electron chi connectivity index (χ1n) is 1.80. The number of hydrogen-bond donors (Lipinski definition) is 1. The molecule has 2 heteroatoms. The van der Waals surface area contributed by atoms with Crippen molar-refractivity contribution in [1.29, 1.82) is 0 Å². The second-order valence-corrected chi connectivity index (χ2v) is 1.23. The third-order valence-electron chi connectivity index (χ3n) is 0.733. The highest BCUT2D eigenvalue weighted by Crippen LogP contribution is 2.18. The van der Waals surface area contributed by atoms with E-state index in [2.05, 4.69) is 11.3 Å². The van der Waals surface area contributed by atoms with E-state index in [-0.39, 0.29) is 6.10 Å². The number of aliphatic hydroxyl groups is 1. The summed E-state index contributed by atoms with van der Waals surface area (Å²) in [7, 11) is 0. The lowest BCUT2D eigenvalue weighted by molar-refractivity contribution is 0.156. The monoisotopic (exact) mass is 86.0 g/mol. The number of aliphatic hydroxyl groups excluding tert-OH is 1. The van der Waals surface area contributed by atoms with E-state index >= 15 is 0 Å². The smallest absolute Gasteiger partial charge is 0.185 e. The van der Waals surface area contributed by atoms with Gasteiger partial charge in [0.15, 0.2) is 6.29 Å². The van der Waals surface area contributed by atoms with E-state index in [1.165, 1.54) is 0 Å². The van der Waals surface area contributed by atoms with Crippen LogP contribution < -0.4 is 0 Å². The van der Waals surface area contributed by atoms with E-state index < -0.39 is 6.29 Å². The van der Waals surface area contributed by atoms with Crippen molar-refractivity contribution < 1.29 is 9.84 Å². The number of ether oxygens (including phenoxy) is 1. The van der Waals surface area contributed by atoms with Gasteiger partial charge in [0.1, 0.15) is 6.10 Å². The van der Waals surface area contributed by atoms with Gasteiger partial charge in [0, 0.05) is 0 Å². The topological polar surface area (TPSA) is 32.8 Å². The van der Waals surface area contributed by atoms with Gasteiger partial charge >= 0.3 is 0 Å². The molecule has 0 spiro atoms. The van der Waals surface area contributed by atoms with Gasteiger partial charge in [0.2, 0.25) is 0 Å². The van der Waals surface area contributed by atoms with Crippen LogP contribution in [0.2, 0.25) is 0 Å². The summed E-state index contributed by atoms with van der Waals surface area (Å²) < 4.78 is 4.50. The number of rotatable bonds is 1. The molecule has 1 N–H and O–H groups in total. The highest BCUT2D eigenvalue weighted by Gasteiger charge is 2.33. The van der Waals surface area contributed by atoms with Crippen LogP contribution >= 0.6 is 0 Å². The van der Waals surface area contributed by atoms with Gasteiger partial charge in [0.25, 0.3) is 0 Å². The molecule has 2 atom stereocenters. The molecule has 0 bridgehead atoms. The van der Waals surface area contributed by atoms with Crippen LogP contribution in [-0.2, 0) is 4.74 Å². The van der Waals surface area contributed by atoms with Crippen molar-refractivity contribution in [3.8, 4) is 0 Å². The highest BCUT2D eigenvalue weighted by molar-refractivity contribution is 4.91. The maximum absolute atomic E-state index is 8.33. The molecule has 0 aromatic heterocycles. The Labute approximate surface area is 36.0 Å². The van der Waals surface area contributed by atoms with Crippen molar-refractivity contribution in [2.75, 3.05) is 0 Å². The molecule has 2 nitrogen and oxygen atoms in total. The second kappa shape index (κ2) is 1.06. The molecular weight excluding hydrogens is 80.0 g/mol. The van der Waals surface area contributed by atoms with Crippen LogP contribution in [0.3, 0.4) is 0 Å². The average Bonchev–Trinajstić information content (AvgIpc) is 2.19. The largest absolute Gasteiger partial charge is 0.366 e. The van der Waals surface area contributed by atoms with Gasteiger partial charge in [-0.2, -0.15) is 0 Å². The molecule has 1 rings (SSSR count). The van der Waals surface area contributed by atoms with Gasteiger partial charge in [-0.15, -0.1) is 6.58 Å². The molecule has 0 aromatic rings. The van der Waals surface area contributed by atoms with Gasteiger partial charge in [-0.25, -0.2) is 0 Å². The Morgan fingerprint density at radius 2 is 2.33 bits per heavy atom. The standard InChI is InChI=1S/C4H6O2/c1-2-3-4(5)6-3/h2-5H,1H2. The van der Waals surface area contributed by atoms with E-state index in [0.29, 0.717) is 0 Å². The van der Waals surface area contributed by atoms with Crippen LogP contribution in [0.15, 0.2) is 12.7 Å². The van der Waals surface area contributed by atoms with Crippen molar-refractivity contribution in [3.05, 3.63) is 12.7 Å². The molecule has 34 valence electrons. The van der Waals surface area contributed by atoms with Crippen LogP contribution in [-0.4, -0.2) is 17.5 Å².